The average molecular weight is 194 g/mol. The zero-order valence-electron chi connectivity index (χ0n) is 8.74. The Morgan fingerprint density at radius 3 is 2.86 bits per heavy atom. The van der Waals surface area contributed by atoms with Gasteiger partial charge in [-0.05, 0) is 43.9 Å². The van der Waals surface area contributed by atoms with E-state index in [-0.39, 0.29) is 5.97 Å². The van der Waals surface area contributed by atoms with Crippen molar-refractivity contribution in [3.8, 4) is 0 Å². The van der Waals surface area contributed by atoms with Gasteiger partial charge in [0.25, 0.3) is 0 Å². The first kappa shape index (κ1) is 9.75. The SMILES string of the molecule is CCOC(=O)/C=C/[C@H]1C[C@@H]2CC[C@@H]1C2. The van der Waals surface area contributed by atoms with Gasteiger partial charge in [-0.2, -0.15) is 0 Å². The number of esters is 1. The third kappa shape index (κ3) is 1.99. The van der Waals surface area contributed by atoms with E-state index in [1.807, 2.05) is 6.92 Å². The third-order valence-electron chi connectivity index (χ3n) is 3.56. The molecule has 14 heavy (non-hydrogen) atoms. The number of hydrogen-bond donors (Lipinski definition) is 0. The molecular weight excluding hydrogens is 176 g/mol. The van der Waals surface area contributed by atoms with Gasteiger partial charge in [0.15, 0.2) is 0 Å². The Morgan fingerprint density at radius 2 is 2.29 bits per heavy atom. The standard InChI is InChI=1S/C12H18O2/c1-2-14-12(13)6-5-11-8-9-3-4-10(11)7-9/h5-6,9-11H,2-4,7-8H2,1H3/b6-5+/t9-,10-,11+/m1/s1. The van der Waals surface area contributed by atoms with E-state index in [1.54, 1.807) is 6.08 Å². The summed E-state index contributed by atoms with van der Waals surface area (Å²) in [6, 6.07) is 0. The van der Waals surface area contributed by atoms with Crippen LogP contribution in [0.3, 0.4) is 0 Å². The first-order chi connectivity index (χ1) is 6.79. The molecule has 0 saturated heterocycles. The lowest BCUT2D eigenvalue weighted by atomic mass is 9.89. The highest BCUT2D eigenvalue weighted by atomic mass is 16.5. The molecule has 0 heterocycles. The van der Waals surface area contributed by atoms with Gasteiger partial charge in [0.1, 0.15) is 0 Å². The molecule has 3 atom stereocenters. The molecule has 0 N–H and O–H groups in total. The van der Waals surface area contributed by atoms with E-state index in [2.05, 4.69) is 6.08 Å². The fraction of sp³-hybridized carbons (Fsp3) is 0.750. The van der Waals surface area contributed by atoms with Crippen LogP contribution in [-0.4, -0.2) is 12.6 Å². The van der Waals surface area contributed by atoms with Crippen molar-refractivity contribution < 1.29 is 9.53 Å². The summed E-state index contributed by atoms with van der Waals surface area (Å²) in [6.07, 6.45) is 9.14. The van der Waals surface area contributed by atoms with Crippen molar-refractivity contribution in [1.29, 1.82) is 0 Å². The Morgan fingerprint density at radius 1 is 1.43 bits per heavy atom. The molecule has 0 aromatic carbocycles. The summed E-state index contributed by atoms with van der Waals surface area (Å²) < 4.78 is 4.86. The lowest BCUT2D eigenvalue weighted by Crippen LogP contribution is -2.08. The molecule has 0 amide bonds. The van der Waals surface area contributed by atoms with E-state index in [0.29, 0.717) is 12.5 Å². The number of hydrogen-bond acceptors (Lipinski definition) is 2. The van der Waals surface area contributed by atoms with Gasteiger partial charge in [0.2, 0.25) is 0 Å². The highest BCUT2D eigenvalue weighted by molar-refractivity contribution is 5.81. The zero-order chi connectivity index (χ0) is 9.97. The summed E-state index contributed by atoms with van der Waals surface area (Å²) in [7, 11) is 0. The minimum atomic E-state index is -0.185. The average Bonchev–Trinajstić information content (AvgIpc) is 2.76. The van der Waals surface area contributed by atoms with Crippen molar-refractivity contribution in [2.75, 3.05) is 6.61 Å². The Bertz CT molecular complexity index is 245. The van der Waals surface area contributed by atoms with Gasteiger partial charge in [-0.25, -0.2) is 4.79 Å². The molecule has 0 spiro atoms. The van der Waals surface area contributed by atoms with Crippen LogP contribution in [0, 0.1) is 17.8 Å². The van der Waals surface area contributed by atoms with Crippen LogP contribution in [0.2, 0.25) is 0 Å². The lowest BCUT2D eigenvalue weighted by molar-refractivity contribution is -0.137. The summed E-state index contributed by atoms with van der Waals surface area (Å²) in [5, 5.41) is 0. The summed E-state index contributed by atoms with van der Waals surface area (Å²) in [5.74, 6) is 2.26. The molecule has 0 aliphatic heterocycles. The van der Waals surface area contributed by atoms with Crippen molar-refractivity contribution in [3.05, 3.63) is 12.2 Å². The van der Waals surface area contributed by atoms with E-state index < -0.39 is 0 Å². The number of rotatable bonds is 3. The Kier molecular flexibility index (Phi) is 2.90. The van der Waals surface area contributed by atoms with E-state index in [9.17, 15) is 4.79 Å². The largest absolute Gasteiger partial charge is 0.463 e. The monoisotopic (exact) mass is 194 g/mol. The number of fused-ring (bicyclic) bond motifs is 2. The maximum Gasteiger partial charge on any atom is 0.330 e. The van der Waals surface area contributed by atoms with Crippen LogP contribution >= 0.6 is 0 Å². The molecule has 2 aliphatic carbocycles. The molecule has 2 aliphatic rings. The molecular formula is C12H18O2. The summed E-state index contributed by atoms with van der Waals surface area (Å²) in [6.45, 7) is 2.31. The van der Waals surface area contributed by atoms with Gasteiger partial charge in [-0.3, -0.25) is 0 Å². The smallest absolute Gasteiger partial charge is 0.330 e. The minimum Gasteiger partial charge on any atom is -0.463 e. The maximum absolute atomic E-state index is 11.1. The summed E-state index contributed by atoms with van der Waals surface area (Å²) in [4.78, 5) is 11.1. The predicted molar refractivity (Wildman–Crippen MR) is 54.7 cm³/mol. The fourth-order valence-electron chi connectivity index (χ4n) is 2.92. The first-order valence-corrected chi connectivity index (χ1v) is 5.64. The van der Waals surface area contributed by atoms with E-state index in [4.69, 9.17) is 4.74 Å². The number of carbonyl (C=O) groups excluding carboxylic acids is 1. The molecule has 2 rings (SSSR count). The Labute approximate surface area is 85.3 Å². The zero-order valence-corrected chi connectivity index (χ0v) is 8.74. The van der Waals surface area contributed by atoms with Crippen molar-refractivity contribution in [1.82, 2.24) is 0 Å². The fourth-order valence-corrected chi connectivity index (χ4v) is 2.92. The topological polar surface area (TPSA) is 26.3 Å². The van der Waals surface area contributed by atoms with Gasteiger partial charge in [0, 0.05) is 6.08 Å². The van der Waals surface area contributed by atoms with Crippen LogP contribution < -0.4 is 0 Å². The van der Waals surface area contributed by atoms with Crippen LogP contribution in [0.4, 0.5) is 0 Å². The predicted octanol–water partition coefficient (Wildman–Crippen LogP) is 2.54. The lowest BCUT2D eigenvalue weighted by Gasteiger charge is -2.17. The Hall–Kier alpha value is -0.790. The van der Waals surface area contributed by atoms with Crippen molar-refractivity contribution in [2.45, 2.75) is 32.6 Å². The van der Waals surface area contributed by atoms with Gasteiger partial charge in [0.05, 0.1) is 6.61 Å². The molecule has 2 nitrogen and oxygen atoms in total. The van der Waals surface area contributed by atoms with E-state index >= 15 is 0 Å². The molecule has 0 aromatic heterocycles. The molecule has 0 aromatic rings. The van der Waals surface area contributed by atoms with Crippen LogP contribution in [0.15, 0.2) is 12.2 Å². The highest BCUT2D eigenvalue weighted by Gasteiger charge is 2.37. The van der Waals surface area contributed by atoms with Crippen LogP contribution in [0.25, 0.3) is 0 Å². The normalized spacial score (nSPS) is 35.4. The van der Waals surface area contributed by atoms with Gasteiger partial charge >= 0.3 is 5.97 Å². The molecule has 0 radical (unpaired) electrons. The molecule has 2 saturated carbocycles. The molecule has 78 valence electrons. The van der Waals surface area contributed by atoms with Crippen molar-refractivity contribution in [3.63, 3.8) is 0 Å². The van der Waals surface area contributed by atoms with Crippen LogP contribution in [0.1, 0.15) is 32.6 Å². The second kappa shape index (κ2) is 4.16. The van der Waals surface area contributed by atoms with Crippen molar-refractivity contribution >= 4 is 5.97 Å². The third-order valence-corrected chi connectivity index (χ3v) is 3.56. The van der Waals surface area contributed by atoms with E-state index in [1.165, 1.54) is 25.7 Å². The van der Waals surface area contributed by atoms with Gasteiger partial charge in [-0.1, -0.05) is 12.5 Å². The number of ether oxygens (including phenoxy) is 1. The molecule has 2 bridgehead atoms. The quantitative estimate of drug-likeness (QED) is 0.510. The van der Waals surface area contributed by atoms with Gasteiger partial charge in [-0.15, -0.1) is 0 Å². The first-order valence-electron chi connectivity index (χ1n) is 5.64. The highest BCUT2D eigenvalue weighted by Crippen LogP contribution is 2.48. The van der Waals surface area contributed by atoms with Crippen molar-refractivity contribution in [2.24, 2.45) is 17.8 Å². The van der Waals surface area contributed by atoms with Gasteiger partial charge < -0.3 is 4.74 Å². The Balaban J connectivity index is 1.83. The van der Waals surface area contributed by atoms with E-state index in [0.717, 1.165) is 11.8 Å². The number of allylic oxidation sites excluding steroid dienone is 1. The summed E-state index contributed by atoms with van der Waals surface area (Å²) >= 11 is 0. The van der Waals surface area contributed by atoms with Crippen LogP contribution in [-0.2, 0) is 9.53 Å². The second-order valence-corrected chi connectivity index (χ2v) is 4.45. The molecule has 2 fully saturated rings. The van der Waals surface area contributed by atoms with Crippen LogP contribution in [0.5, 0.6) is 0 Å². The molecule has 0 unspecified atom stereocenters. The second-order valence-electron chi connectivity index (χ2n) is 4.45. The maximum atomic E-state index is 11.1. The molecule has 2 heteroatoms. The number of carbonyl (C=O) groups is 1. The minimum absolute atomic E-state index is 0.185. The summed E-state index contributed by atoms with van der Waals surface area (Å²) in [5.41, 5.74) is 0.